The van der Waals surface area contributed by atoms with Crippen molar-refractivity contribution in [3.63, 3.8) is 0 Å². The van der Waals surface area contributed by atoms with Crippen LogP contribution in [0.1, 0.15) is 44.9 Å². The van der Waals surface area contributed by atoms with E-state index in [1.54, 1.807) is 0 Å². The van der Waals surface area contributed by atoms with E-state index in [2.05, 4.69) is 23.1 Å². The van der Waals surface area contributed by atoms with Gasteiger partial charge >= 0.3 is 0 Å². The number of hydrogen-bond acceptors (Lipinski definition) is 3. The van der Waals surface area contributed by atoms with Crippen LogP contribution in [0.2, 0.25) is 0 Å². The highest BCUT2D eigenvalue weighted by Gasteiger charge is 2.24. The van der Waals surface area contributed by atoms with Gasteiger partial charge in [-0.1, -0.05) is 19.3 Å². The van der Waals surface area contributed by atoms with E-state index >= 15 is 0 Å². The van der Waals surface area contributed by atoms with Crippen molar-refractivity contribution in [3.05, 3.63) is 0 Å². The van der Waals surface area contributed by atoms with Gasteiger partial charge in [0, 0.05) is 6.04 Å². The smallest absolute Gasteiger partial charge is 0.0672 e. The van der Waals surface area contributed by atoms with Crippen molar-refractivity contribution in [2.24, 2.45) is 11.8 Å². The second-order valence-electron chi connectivity index (χ2n) is 5.44. The zero-order chi connectivity index (χ0) is 11.9. The molecule has 1 aliphatic carbocycles. The highest BCUT2D eigenvalue weighted by atomic mass is 32.2. The molecule has 0 spiro atoms. The van der Waals surface area contributed by atoms with Gasteiger partial charge in [0.15, 0.2) is 0 Å². The average Bonchev–Trinajstić information content (AvgIpc) is 2.62. The minimum absolute atomic E-state index is 0.260. The molecule has 2 nitrogen and oxygen atoms in total. The molecule has 2 rings (SSSR count). The van der Waals surface area contributed by atoms with Gasteiger partial charge in [-0.15, -0.1) is 0 Å². The second-order valence-corrected chi connectivity index (χ2v) is 6.67. The lowest BCUT2D eigenvalue weighted by Gasteiger charge is -2.26. The molecule has 0 bridgehead atoms. The normalized spacial score (nSPS) is 31.7. The third kappa shape index (κ3) is 4.19. The molecule has 0 aromatic heterocycles. The summed E-state index contributed by atoms with van der Waals surface area (Å²) in [4.78, 5) is 0. The summed E-state index contributed by atoms with van der Waals surface area (Å²) in [5.41, 5.74) is 0. The van der Waals surface area contributed by atoms with Crippen LogP contribution in [0.5, 0.6) is 0 Å². The largest absolute Gasteiger partial charge is 0.312 e. The summed E-state index contributed by atoms with van der Waals surface area (Å²) in [5, 5.41) is 12.9. The van der Waals surface area contributed by atoms with E-state index in [-0.39, 0.29) is 5.92 Å². The van der Waals surface area contributed by atoms with Crippen molar-refractivity contribution in [2.45, 2.75) is 51.0 Å². The van der Waals surface area contributed by atoms with E-state index < -0.39 is 0 Å². The number of nitrogens with one attached hydrogen (secondary N) is 1. The lowest BCUT2D eigenvalue weighted by molar-refractivity contribution is 0.349. The summed E-state index contributed by atoms with van der Waals surface area (Å²) < 4.78 is 0. The van der Waals surface area contributed by atoms with Crippen molar-refractivity contribution in [3.8, 4) is 6.07 Å². The standard InChI is InChI=1S/C14H24N2S/c15-10-13-4-2-1-3-5-14(13)16-11-12-6-8-17-9-7-12/h12-14,16H,1-9,11H2. The van der Waals surface area contributed by atoms with Crippen LogP contribution in [0.15, 0.2) is 0 Å². The van der Waals surface area contributed by atoms with Gasteiger partial charge in [-0.05, 0) is 49.7 Å². The van der Waals surface area contributed by atoms with Gasteiger partial charge in [-0.3, -0.25) is 0 Å². The Labute approximate surface area is 110 Å². The van der Waals surface area contributed by atoms with E-state index in [9.17, 15) is 5.26 Å². The van der Waals surface area contributed by atoms with E-state index in [1.165, 1.54) is 50.0 Å². The van der Waals surface area contributed by atoms with Crippen molar-refractivity contribution in [1.29, 1.82) is 5.26 Å². The molecule has 2 fully saturated rings. The first-order valence-corrected chi connectivity index (χ1v) is 8.26. The first-order valence-electron chi connectivity index (χ1n) is 7.11. The fraction of sp³-hybridized carbons (Fsp3) is 0.929. The van der Waals surface area contributed by atoms with Gasteiger partial charge in [0.1, 0.15) is 0 Å². The van der Waals surface area contributed by atoms with Gasteiger partial charge < -0.3 is 5.32 Å². The third-order valence-corrected chi connectivity index (χ3v) is 5.24. The summed E-state index contributed by atoms with van der Waals surface area (Å²) in [6, 6.07) is 2.98. The van der Waals surface area contributed by atoms with Crippen LogP contribution < -0.4 is 5.32 Å². The molecule has 0 aromatic carbocycles. The molecule has 2 unspecified atom stereocenters. The molecule has 1 aliphatic heterocycles. The highest BCUT2D eigenvalue weighted by Crippen LogP contribution is 2.25. The fourth-order valence-corrected chi connectivity index (χ4v) is 4.18. The summed E-state index contributed by atoms with van der Waals surface area (Å²) >= 11 is 2.09. The Hall–Kier alpha value is -0.200. The lowest BCUT2D eigenvalue weighted by atomic mass is 9.95. The van der Waals surface area contributed by atoms with Crippen molar-refractivity contribution >= 4 is 11.8 Å². The molecule has 17 heavy (non-hydrogen) atoms. The number of nitriles is 1. The van der Waals surface area contributed by atoms with Gasteiger partial charge in [0.2, 0.25) is 0 Å². The van der Waals surface area contributed by atoms with Crippen LogP contribution >= 0.6 is 11.8 Å². The minimum atomic E-state index is 0.260. The van der Waals surface area contributed by atoms with Crippen molar-refractivity contribution < 1.29 is 0 Å². The number of hydrogen-bond donors (Lipinski definition) is 1. The maximum absolute atomic E-state index is 9.23. The monoisotopic (exact) mass is 252 g/mol. The van der Waals surface area contributed by atoms with Crippen LogP contribution in [-0.2, 0) is 0 Å². The Morgan fingerprint density at radius 2 is 1.82 bits per heavy atom. The Morgan fingerprint density at radius 1 is 1.06 bits per heavy atom. The molecule has 0 amide bonds. The fourth-order valence-electron chi connectivity index (χ4n) is 2.98. The van der Waals surface area contributed by atoms with Crippen LogP contribution in [0, 0.1) is 23.2 Å². The van der Waals surface area contributed by atoms with Crippen LogP contribution in [0.4, 0.5) is 0 Å². The Balaban J connectivity index is 1.77. The van der Waals surface area contributed by atoms with E-state index in [4.69, 9.17) is 0 Å². The van der Waals surface area contributed by atoms with Gasteiger partial charge in [-0.2, -0.15) is 17.0 Å². The number of thioether (sulfide) groups is 1. The van der Waals surface area contributed by atoms with Crippen molar-refractivity contribution in [2.75, 3.05) is 18.1 Å². The van der Waals surface area contributed by atoms with Crippen LogP contribution in [0.3, 0.4) is 0 Å². The first-order chi connectivity index (χ1) is 8.40. The van der Waals surface area contributed by atoms with Gasteiger partial charge in [0.05, 0.1) is 12.0 Å². The number of rotatable bonds is 3. The molecule has 1 heterocycles. The second kappa shape index (κ2) is 7.28. The van der Waals surface area contributed by atoms with Gasteiger partial charge in [-0.25, -0.2) is 0 Å². The zero-order valence-electron chi connectivity index (χ0n) is 10.7. The molecule has 0 radical (unpaired) electrons. The predicted molar refractivity (Wildman–Crippen MR) is 74.0 cm³/mol. The molecule has 0 aromatic rings. The molecular formula is C14H24N2S. The topological polar surface area (TPSA) is 35.8 Å². The first kappa shape index (κ1) is 13.2. The summed E-state index contributed by atoms with van der Waals surface area (Å²) in [6.45, 7) is 1.14. The van der Waals surface area contributed by atoms with Crippen LogP contribution in [-0.4, -0.2) is 24.1 Å². The minimum Gasteiger partial charge on any atom is -0.312 e. The maximum atomic E-state index is 9.23. The SMILES string of the molecule is N#CC1CCCCCC1NCC1CCSCC1. The Morgan fingerprint density at radius 3 is 2.59 bits per heavy atom. The highest BCUT2D eigenvalue weighted by molar-refractivity contribution is 7.99. The Kier molecular flexibility index (Phi) is 5.67. The van der Waals surface area contributed by atoms with Gasteiger partial charge in [0.25, 0.3) is 0 Å². The summed E-state index contributed by atoms with van der Waals surface area (Å²) in [6.07, 6.45) is 8.90. The summed E-state index contributed by atoms with van der Waals surface area (Å²) in [5.74, 6) is 3.78. The maximum Gasteiger partial charge on any atom is 0.0672 e. The molecule has 96 valence electrons. The molecule has 1 saturated heterocycles. The quantitative estimate of drug-likeness (QED) is 0.784. The molecule has 2 aliphatic rings. The predicted octanol–water partition coefficient (Wildman–Crippen LogP) is 3.19. The van der Waals surface area contributed by atoms with E-state index in [0.717, 1.165) is 18.9 Å². The lowest BCUT2D eigenvalue weighted by Crippen LogP contribution is -2.38. The Bertz CT molecular complexity index is 255. The molecule has 2 atom stereocenters. The third-order valence-electron chi connectivity index (χ3n) is 4.19. The van der Waals surface area contributed by atoms with E-state index in [1.807, 2.05) is 0 Å². The van der Waals surface area contributed by atoms with Crippen molar-refractivity contribution in [1.82, 2.24) is 5.32 Å². The molecular weight excluding hydrogens is 228 g/mol. The molecule has 1 N–H and O–H groups in total. The molecule has 1 saturated carbocycles. The van der Waals surface area contributed by atoms with Crippen LogP contribution in [0.25, 0.3) is 0 Å². The average molecular weight is 252 g/mol. The number of nitrogens with zero attached hydrogens (tertiary/aromatic N) is 1. The van der Waals surface area contributed by atoms with E-state index in [0.29, 0.717) is 6.04 Å². The zero-order valence-corrected chi connectivity index (χ0v) is 11.5. The molecule has 3 heteroatoms. The summed E-state index contributed by atoms with van der Waals surface area (Å²) in [7, 11) is 0.